The molecule has 0 unspecified atom stereocenters. The van der Waals surface area contributed by atoms with Gasteiger partial charge in [-0.1, -0.05) is 0 Å². The molecule has 1 aliphatic rings. The molecule has 1 aliphatic carbocycles. The second-order valence-electron chi connectivity index (χ2n) is 9.86. The maximum Gasteiger partial charge on any atom is 0.387 e. The summed E-state index contributed by atoms with van der Waals surface area (Å²) in [5, 5.41) is 0.154. The number of halogens is 3. The summed E-state index contributed by atoms with van der Waals surface area (Å²) >= 11 is 0. The first kappa shape index (κ1) is 25.8. The second-order valence-corrected chi connectivity index (χ2v) is 12.3. The Morgan fingerprint density at radius 2 is 1.92 bits per heavy atom. The monoisotopic (exact) mass is 524 g/mol. The Labute approximate surface area is 206 Å². The number of primary amides is 1. The number of anilines is 1. The van der Waals surface area contributed by atoms with Crippen LogP contribution in [0.25, 0.3) is 22.2 Å². The van der Waals surface area contributed by atoms with Crippen molar-refractivity contribution in [3.63, 3.8) is 0 Å². The van der Waals surface area contributed by atoms with Gasteiger partial charge in [0, 0.05) is 29.3 Å². The number of nitrogens with two attached hydrogens (primary N) is 1. The Hall–Kier alpha value is -3.28. The number of hydrogen-bond acceptors (Lipinski definition) is 5. The summed E-state index contributed by atoms with van der Waals surface area (Å²) in [6, 6.07) is 4.94. The van der Waals surface area contributed by atoms with Crippen LogP contribution in [0.4, 0.5) is 19.0 Å². The van der Waals surface area contributed by atoms with Crippen LogP contribution < -0.4 is 15.2 Å². The third-order valence-electron chi connectivity index (χ3n) is 6.31. The highest BCUT2D eigenvalue weighted by atomic mass is 32.2. The van der Waals surface area contributed by atoms with Crippen molar-refractivity contribution >= 4 is 32.7 Å². The van der Waals surface area contributed by atoms with Crippen molar-refractivity contribution in [3.05, 3.63) is 41.8 Å². The van der Waals surface area contributed by atoms with Crippen LogP contribution in [-0.4, -0.2) is 35.2 Å². The number of aromatic nitrogens is 2. The predicted molar refractivity (Wildman–Crippen MR) is 130 cm³/mol. The average molecular weight is 525 g/mol. The summed E-state index contributed by atoms with van der Waals surface area (Å²) in [5.74, 6) is -2.21. The van der Waals surface area contributed by atoms with Gasteiger partial charge in [0.05, 0.1) is 21.5 Å². The van der Waals surface area contributed by atoms with Gasteiger partial charge in [-0.05, 0) is 64.7 Å². The van der Waals surface area contributed by atoms with E-state index in [1.807, 2.05) is 6.92 Å². The predicted octanol–water partition coefficient (Wildman–Crippen LogP) is 5.05. The molecule has 0 bridgehead atoms. The van der Waals surface area contributed by atoms with Gasteiger partial charge in [0.2, 0.25) is 10.0 Å². The molecule has 2 heterocycles. The molecule has 0 radical (unpaired) electrons. The molecule has 3 aromatic rings. The number of fused-ring (bicyclic) bond motifs is 1. The summed E-state index contributed by atoms with van der Waals surface area (Å²) in [6.45, 7) is 3.33. The van der Waals surface area contributed by atoms with Crippen molar-refractivity contribution in [1.82, 2.24) is 9.55 Å². The molecule has 8 nitrogen and oxygen atoms in total. The Bertz CT molecular complexity index is 1430. The van der Waals surface area contributed by atoms with Crippen molar-refractivity contribution in [2.45, 2.75) is 57.9 Å². The van der Waals surface area contributed by atoms with Crippen LogP contribution in [0.2, 0.25) is 0 Å². The fraction of sp³-hybridized carbons (Fsp3) is 0.417. The molecule has 1 amide bonds. The van der Waals surface area contributed by atoms with Gasteiger partial charge in [-0.3, -0.25) is 9.52 Å². The number of nitrogens with zero attached hydrogens (tertiary/aromatic N) is 2. The highest BCUT2D eigenvalue weighted by Crippen LogP contribution is 2.46. The van der Waals surface area contributed by atoms with E-state index < -0.39 is 38.9 Å². The minimum atomic E-state index is -3.72. The lowest BCUT2D eigenvalue weighted by Crippen LogP contribution is -2.33. The first-order chi connectivity index (χ1) is 16.7. The van der Waals surface area contributed by atoms with Crippen molar-refractivity contribution in [3.8, 4) is 17.0 Å². The topological polar surface area (TPSA) is 116 Å². The number of pyridine rings is 1. The standard InChI is InChI=1S/C24H27F3N4O4S/c1-12(13-5-6-13)31-17-10-18(35-23(26)27)16(25)9-15(17)20(22(28)32)21(31)14-7-8-19(29-11-14)30-36(33,34)24(2,3)4/h7-13,23H,5-6H2,1-4H3,(H2,28,32)(H,29,30)/t12-/m1/s1. The van der Waals surface area contributed by atoms with Crippen LogP contribution in [-0.2, 0) is 10.0 Å². The van der Waals surface area contributed by atoms with Crippen molar-refractivity contribution in [2.75, 3.05) is 4.72 Å². The molecule has 36 heavy (non-hydrogen) atoms. The number of carbonyl (C=O) groups is 1. The number of ether oxygens (including phenoxy) is 1. The molecule has 3 N–H and O–H groups in total. The summed E-state index contributed by atoms with van der Waals surface area (Å²) in [6.07, 6.45) is 3.24. The Kier molecular flexibility index (Phi) is 6.44. The molecule has 0 spiro atoms. The Balaban J connectivity index is 1.91. The van der Waals surface area contributed by atoms with E-state index >= 15 is 0 Å². The zero-order chi connectivity index (χ0) is 26.6. The van der Waals surface area contributed by atoms with E-state index in [4.69, 9.17) is 5.73 Å². The van der Waals surface area contributed by atoms with E-state index in [-0.39, 0.29) is 28.7 Å². The number of alkyl halides is 2. The zero-order valence-corrected chi connectivity index (χ0v) is 21.0. The Morgan fingerprint density at radius 3 is 2.42 bits per heavy atom. The number of benzene rings is 1. The van der Waals surface area contributed by atoms with Crippen molar-refractivity contribution < 1.29 is 31.1 Å². The number of hydrogen-bond donors (Lipinski definition) is 2. The summed E-state index contributed by atoms with van der Waals surface area (Å²) in [7, 11) is -3.72. The number of sulfonamides is 1. The van der Waals surface area contributed by atoms with E-state index in [0.29, 0.717) is 16.8 Å². The van der Waals surface area contributed by atoms with Gasteiger partial charge in [0.15, 0.2) is 11.6 Å². The lowest BCUT2D eigenvalue weighted by Gasteiger charge is -2.21. The van der Waals surface area contributed by atoms with Crippen LogP contribution in [0.3, 0.4) is 0 Å². The molecule has 1 fully saturated rings. The van der Waals surface area contributed by atoms with Gasteiger partial charge in [-0.25, -0.2) is 17.8 Å². The fourth-order valence-electron chi connectivity index (χ4n) is 4.13. The Morgan fingerprint density at radius 1 is 1.25 bits per heavy atom. The third kappa shape index (κ3) is 4.73. The number of carbonyl (C=O) groups excluding carboxylic acids is 1. The lowest BCUT2D eigenvalue weighted by atomic mass is 10.1. The van der Waals surface area contributed by atoms with Crippen LogP contribution in [0, 0.1) is 11.7 Å². The molecular formula is C24H27F3N4O4S. The molecule has 1 saturated carbocycles. The molecule has 4 rings (SSSR count). The van der Waals surface area contributed by atoms with Crippen LogP contribution in [0.1, 0.15) is 56.9 Å². The van der Waals surface area contributed by atoms with Gasteiger partial charge in [-0.2, -0.15) is 8.78 Å². The molecule has 0 saturated heterocycles. The van der Waals surface area contributed by atoms with Gasteiger partial charge in [-0.15, -0.1) is 0 Å². The summed E-state index contributed by atoms with van der Waals surface area (Å²) < 4.78 is 72.8. The molecule has 0 aliphatic heterocycles. The molecule has 2 aromatic heterocycles. The van der Waals surface area contributed by atoms with Gasteiger partial charge in [0.25, 0.3) is 5.91 Å². The number of rotatable bonds is 8. The summed E-state index contributed by atoms with van der Waals surface area (Å²) in [4.78, 5) is 16.8. The SMILES string of the molecule is C[C@H](C1CC1)n1c(-c2ccc(NS(=O)(=O)C(C)(C)C)nc2)c(C(N)=O)c2cc(F)c(OC(F)F)cc21. The van der Waals surface area contributed by atoms with Crippen LogP contribution in [0.15, 0.2) is 30.5 Å². The minimum Gasteiger partial charge on any atom is -0.432 e. The highest BCUT2D eigenvalue weighted by Gasteiger charge is 2.35. The average Bonchev–Trinajstić information content (AvgIpc) is 3.55. The smallest absolute Gasteiger partial charge is 0.387 e. The lowest BCUT2D eigenvalue weighted by molar-refractivity contribution is -0.0521. The maximum atomic E-state index is 14.6. The zero-order valence-electron chi connectivity index (χ0n) is 20.2. The first-order valence-corrected chi connectivity index (χ1v) is 12.8. The number of amides is 1. The molecule has 12 heteroatoms. The van der Waals surface area contributed by atoms with Gasteiger partial charge in [0.1, 0.15) is 5.82 Å². The normalized spacial score (nSPS) is 15.3. The van der Waals surface area contributed by atoms with Gasteiger partial charge >= 0.3 is 6.61 Å². The van der Waals surface area contributed by atoms with Crippen LogP contribution in [0.5, 0.6) is 5.75 Å². The minimum absolute atomic E-state index is 0.00446. The highest BCUT2D eigenvalue weighted by molar-refractivity contribution is 7.94. The molecule has 1 atom stereocenters. The largest absolute Gasteiger partial charge is 0.432 e. The van der Waals surface area contributed by atoms with E-state index in [1.165, 1.54) is 12.3 Å². The molecular weight excluding hydrogens is 497 g/mol. The first-order valence-electron chi connectivity index (χ1n) is 11.3. The van der Waals surface area contributed by atoms with E-state index in [1.54, 1.807) is 31.4 Å². The van der Waals surface area contributed by atoms with E-state index in [2.05, 4.69) is 14.4 Å². The quantitative estimate of drug-likeness (QED) is 0.428. The summed E-state index contributed by atoms with van der Waals surface area (Å²) in [5.41, 5.74) is 6.79. The van der Waals surface area contributed by atoms with Crippen molar-refractivity contribution in [1.29, 1.82) is 0 Å². The third-order valence-corrected chi connectivity index (χ3v) is 8.40. The van der Waals surface area contributed by atoms with E-state index in [0.717, 1.165) is 25.0 Å². The molecule has 194 valence electrons. The number of nitrogens with one attached hydrogen (secondary N) is 1. The second kappa shape index (κ2) is 8.99. The maximum absolute atomic E-state index is 14.6. The van der Waals surface area contributed by atoms with Crippen LogP contribution >= 0.6 is 0 Å². The van der Waals surface area contributed by atoms with E-state index in [9.17, 15) is 26.4 Å². The van der Waals surface area contributed by atoms with Crippen molar-refractivity contribution in [2.24, 2.45) is 11.7 Å². The fourth-order valence-corrected chi connectivity index (χ4v) is 4.83. The molecule has 1 aromatic carbocycles. The van der Waals surface area contributed by atoms with Gasteiger partial charge < -0.3 is 15.0 Å².